The molecule has 3 atom stereocenters. The van der Waals surface area contributed by atoms with Crippen LogP contribution in [0.15, 0.2) is 42.5 Å². The largest absolute Gasteiger partial charge is 0.481 e. The van der Waals surface area contributed by atoms with Gasteiger partial charge in [0.15, 0.2) is 0 Å². The van der Waals surface area contributed by atoms with Crippen molar-refractivity contribution in [2.75, 3.05) is 6.54 Å². The number of nitrogens with zero attached hydrogens (tertiary/aromatic N) is 1. The molecular weight excluding hydrogens is 546 g/mol. The third-order valence-electron chi connectivity index (χ3n) is 10.2. The van der Waals surface area contributed by atoms with Gasteiger partial charge in [-0.2, -0.15) is 13.2 Å². The number of alkyl halides is 4. The van der Waals surface area contributed by atoms with Crippen molar-refractivity contribution in [2.45, 2.75) is 108 Å². The fourth-order valence-corrected chi connectivity index (χ4v) is 7.62. The molecule has 2 aliphatic carbocycles. The van der Waals surface area contributed by atoms with E-state index < -0.39 is 34.7 Å². The summed E-state index contributed by atoms with van der Waals surface area (Å²) in [4.78, 5) is 27.4. The quantitative estimate of drug-likeness (QED) is 0.366. The normalized spacial score (nSPS) is 27.6. The number of benzene rings is 2. The number of fused-ring (bicyclic) bond motifs is 3. The van der Waals surface area contributed by atoms with Crippen molar-refractivity contribution in [2.24, 2.45) is 11.8 Å². The Morgan fingerprint density at radius 1 is 0.905 bits per heavy atom. The van der Waals surface area contributed by atoms with Crippen LogP contribution in [0.25, 0.3) is 0 Å². The average molecular weight is 588 g/mol. The molecular formula is C34H41F4NO3. The summed E-state index contributed by atoms with van der Waals surface area (Å²) < 4.78 is 55.8. The number of carboxylic acid groups (broad SMARTS) is 1. The minimum Gasteiger partial charge on any atom is -0.481 e. The van der Waals surface area contributed by atoms with Crippen LogP contribution >= 0.6 is 0 Å². The third-order valence-corrected chi connectivity index (χ3v) is 10.2. The zero-order valence-electron chi connectivity index (χ0n) is 24.9. The van der Waals surface area contributed by atoms with E-state index >= 15 is 4.39 Å². The molecule has 1 saturated carbocycles. The van der Waals surface area contributed by atoms with E-state index in [1.165, 1.54) is 17.7 Å². The van der Waals surface area contributed by atoms with E-state index in [9.17, 15) is 27.9 Å². The van der Waals surface area contributed by atoms with Gasteiger partial charge in [-0.05, 0) is 91.5 Å². The van der Waals surface area contributed by atoms with Crippen molar-refractivity contribution in [1.29, 1.82) is 0 Å². The Labute approximate surface area is 245 Å². The summed E-state index contributed by atoms with van der Waals surface area (Å²) in [6.07, 6.45) is -0.634. The molecule has 0 spiro atoms. The standard InChI is InChI=1S/C34H41F4NO3/c1-31(2,3)25-7-5-6-21(18-25)20-33-16-17-39(29(40)22-8-10-23(11-9-22)30(41)42)28(33)15-12-24-19-26(13-14-27(24)33)32(4,35)34(36,37)38/h5-7,13-14,18-19,22-23,28H,8-12,15-17,20H2,1-4H3,(H,41,42)/t22-,23-,28?,32?,33?. The van der Waals surface area contributed by atoms with Crippen LogP contribution in [0.1, 0.15) is 94.0 Å². The number of amides is 1. The maximum absolute atomic E-state index is 15.0. The Kier molecular flexibility index (Phi) is 7.76. The second-order valence-electron chi connectivity index (χ2n) is 13.9. The Bertz CT molecular complexity index is 1350. The molecule has 1 amide bonds. The monoisotopic (exact) mass is 587 g/mol. The smallest absolute Gasteiger partial charge is 0.426 e. The molecule has 8 heteroatoms. The highest BCUT2D eigenvalue weighted by molar-refractivity contribution is 5.80. The van der Waals surface area contributed by atoms with Crippen LogP contribution in [0.4, 0.5) is 17.6 Å². The molecule has 1 N–H and O–H groups in total. The fraction of sp³-hybridized carbons (Fsp3) is 0.588. The predicted molar refractivity (Wildman–Crippen MR) is 153 cm³/mol. The molecule has 2 fully saturated rings. The summed E-state index contributed by atoms with van der Waals surface area (Å²) in [5.41, 5.74) is -0.515. The van der Waals surface area contributed by atoms with Gasteiger partial charge < -0.3 is 10.0 Å². The topological polar surface area (TPSA) is 57.6 Å². The number of carboxylic acids is 1. The number of hydrogen-bond acceptors (Lipinski definition) is 2. The summed E-state index contributed by atoms with van der Waals surface area (Å²) in [7, 11) is 0. The first-order chi connectivity index (χ1) is 19.5. The first-order valence-corrected chi connectivity index (χ1v) is 15.1. The van der Waals surface area contributed by atoms with Gasteiger partial charge in [0, 0.05) is 23.9 Å². The highest BCUT2D eigenvalue weighted by atomic mass is 19.4. The number of hydrogen-bond donors (Lipinski definition) is 1. The number of carbonyl (C=O) groups excluding carboxylic acids is 1. The van der Waals surface area contributed by atoms with E-state index in [1.807, 2.05) is 11.0 Å². The maximum Gasteiger partial charge on any atom is 0.426 e. The first-order valence-electron chi connectivity index (χ1n) is 15.1. The molecule has 5 rings (SSSR count). The second-order valence-corrected chi connectivity index (χ2v) is 13.9. The third kappa shape index (κ3) is 5.35. The Balaban J connectivity index is 1.52. The molecule has 228 valence electrons. The molecule has 4 nitrogen and oxygen atoms in total. The summed E-state index contributed by atoms with van der Waals surface area (Å²) in [6.45, 7) is 7.55. The molecule has 42 heavy (non-hydrogen) atoms. The van der Waals surface area contributed by atoms with Crippen LogP contribution in [0, 0.1) is 11.8 Å². The Morgan fingerprint density at radius 2 is 1.57 bits per heavy atom. The van der Waals surface area contributed by atoms with Crippen molar-refractivity contribution >= 4 is 11.9 Å². The Hall–Kier alpha value is -2.90. The lowest BCUT2D eigenvalue weighted by Gasteiger charge is -2.45. The van der Waals surface area contributed by atoms with Crippen LogP contribution in [-0.4, -0.2) is 40.6 Å². The number of likely N-dealkylation sites (tertiary alicyclic amines) is 1. The molecule has 3 unspecified atom stereocenters. The van der Waals surface area contributed by atoms with E-state index in [0.29, 0.717) is 64.8 Å². The number of aliphatic carboxylic acids is 1. The van der Waals surface area contributed by atoms with Crippen LogP contribution in [0.3, 0.4) is 0 Å². The van der Waals surface area contributed by atoms with E-state index in [4.69, 9.17) is 0 Å². The maximum atomic E-state index is 15.0. The molecule has 2 aromatic rings. The summed E-state index contributed by atoms with van der Waals surface area (Å²) in [5, 5.41) is 9.40. The molecule has 1 aliphatic heterocycles. The van der Waals surface area contributed by atoms with E-state index in [1.54, 1.807) is 6.07 Å². The van der Waals surface area contributed by atoms with Gasteiger partial charge in [-0.3, -0.25) is 9.59 Å². The van der Waals surface area contributed by atoms with Crippen molar-refractivity contribution < 1.29 is 32.3 Å². The Morgan fingerprint density at radius 3 is 2.19 bits per heavy atom. The van der Waals surface area contributed by atoms with Crippen LogP contribution in [-0.2, 0) is 38.9 Å². The lowest BCUT2D eigenvalue weighted by molar-refractivity contribution is -0.228. The minimum atomic E-state index is -5.03. The molecule has 3 aliphatic rings. The summed E-state index contributed by atoms with van der Waals surface area (Å²) in [5.74, 6) is -1.38. The molecule has 1 saturated heterocycles. The summed E-state index contributed by atoms with van der Waals surface area (Å²) in [6, 6.07) is 12.6. The van der Waals surface area contributed by atoms with Gasteiger partial charge in [0.25, 0.3) is 0 Å². The lowest BCUT2D eigenvalue weighted by atomic mass is 9.63. The number of carbonyl (C=O) groups is 2. The molecule has 2 aromatic carbocycles. The van der Waals surface area contributed by atoms with Crippen LogP contribution in [0.5, 0.6) is 0 Å². The van der Waals surface area contributed by atoms with Crippen molar-refractivity contribution in [3.05, 3.63) is 70.3 Å². The van der Waals surface area contributed by atoms with Crippen molar-refractivity contribution in [3.63, 3.8) is 0 Å². The predicted octanol–water partition coefficient (Wildman–Crippen LogP) is 7.65. The molecule has 0 aromatic heterocycles. The first kappa shape index (κ1) is 30.6. The van der Waals surface area contributed by atoms with E-state index in [-0.39, 0.29) is 23.3 Å². The van der Waals surface area contributed by atoms with Crippen LogP contribution < -0.4 is 0 Å². The number of rotatable bonds is 5. The average Bonchev–Trinajstić information content (AvgIpc) is 3.30. The van der Waals surface area contributed by atoms with Gasteiger partial charge in [-0.15, -0.1) is 0 Å². The van der Waals surface area contributed by atoms with Gasteiger partial charge in [0.1, 0.15) is 0 Å². The molecule has 1 heterocycles. The number of halogens is 4. The van der Waals surface area contributed by atoms with Gasteiger partial charge >= 0.3 is 12.1 Å². The number of aryl methyl sites for hydroxylation is 1. The zero-order valence-corrected chi connectivity index (χ0v) is 24.9. The van der Waals surface area contributed by atoms with Gasteiger partial charge in [0.05, 0.1) is 5.92 Å². The highest BCUT2D eigenvalue weighted by Gasteiger charge is 2.56. The second kappa shape index (κ2) is 10.7. The lowest BCUT2D eigenvalue weighted by Crippen LogP contribution is -2.51. The van der Waals surface area contributed by atoms with Gasteiger partial charge in [-0.1, -0.05) is 63.2 Å². The van der Waals surface area contributed by atoms with Gasteiger partial charge in [-0.25, -0.2) is 4.39 Å². The summed E-state index contributed by atoms with van der Waals surface area (Å²) >= 11 is 0. The van der Waals surface area contributed by atoms with Crippen molar-refractivity contribution in [1.82, 2.24) is 4.90 Å². The SMILES string of the molecule is CC(C)(C)c1cccc(CC23CCN(C(=O)[C@H]4CC[C@H](C(=O)O)CC4)C2CCc2cc(C(C)(F)C(F)(F)F)ccc23)c1. The molecule has 0 bridgehead atoms. The fourth-order valence-electron chi connectivity index (χ4n) is 7.62. The van der Waals surface area contributed by atoms with Gasteiger partial charge in [0.2, 0.25) is 11.6 Å². The van der Waals surface area contributed by atoms with E-state index in [2.05, 4.69) is 39.0 Å². The highest BCUT2D eigenvalue weighted by Crippen LogP contribution is 2.51. The zero-order chi connectivity index (χ0) is 30.7. The van der Waals surface area contributed by atoms with Crippen LogP contribution in [0.2, 0.25) is 0 Å². The van der Waals surface area contributed by atoms with E-state index in [0.717, 1.165) is 16.7 Å². The molecule has 0 radical (unpaired) electrons. The van der Waals surface area contributed by atoms with Crippen molar-refractivity contribution in [3.8, 4) is 0 Å². The minimum absolute atomic E-state index is 0.0580.